The number of hydrogen-bond acceptors (Lipinski definition) is 0. The van der Waals surface area contributed by atoms with Crippen LogP contribution in [0.4, 0.5) is 13.2 Å². The lowest BCUT2D eigenvalue weighted by atomic mass is 9.72. The smallest absolute Gasteiger partial charge is 0.182 e. The first-order chi connectivity index (χ1) is 9.58. The summed E-state index contributed by atoms with van der Waals surface area (Å²) in [6, 6.07) is 0. The van der Waals surface area contributed by atoms with Gasteiger partial charge in [0.15, 0.2) is 6.17 Å². The average molecular weight is 248 g/mol. The molecule has 0 aliphatic heterocycles. The van der Waals surface area contributed by atoms with Crippen molar-refractivity contribution in [3.05, 3.63) is 24.6 Å². The molecule has 0 heterocycles. The van der Waals surface area contributed by atoms with Crippen LogP contribution in [0.3, 0.4) is 0 Å². The van der Waals surface area contributed by atoms with E-state index in [9.17, 15) is 13.2 Å². The Morgan fingerprint density at radius 1 is 1.35 bits per heavy atom. The van der Waals surface area contributed by atoms with Gasteiger partial charge in [-0.05, 0) is 55.9 Å². The van der Waals surface area contributed by atoms with Gasteiger partial charge in [-0.3, -0.25) is 0 Å². The second kappa shape index (κ2) is 5.28. The largest absolute Gasteiger partial charge is 0.244 e. The first-order valence-electron chi connectivity index (χ1n) is 7.91. The van der Waals surface area contributed by atoms with Crippen LogP contribution in [-0.4, -0.2) is 12.3 Å². The van der Waals surface area contributed by atoms with Crippen LogP contribution in [-0.2, 0) is 0 Å². The molecule has 1 saturated carbocycles. The van der Waals surface area contributed by atoms with Crippen molar-refractivity contribution in [2.45, 2.75) is 44.4 Å². The van der Waals surface area contributed by atoms with Gasteiger partial charge in [-0.1, -0.05) is 6.08 Å². The van der Waals surface area contributed by atoms with Crippen LogP contribution in [0.2, 0.25) is 0 Å². The van der Waals surface area contributed by atoms with Gasteiger partial charge >= 0.3 is 0 Å². The van der Waals surface area contributed by atoms with E-state index in [2.05, 4.69) is 6.58 Å². The minimum absolute atomic E-state index is 0.244. The minimum Gasteiger partial charge on any atom is -0.244 e. The highest BCUT2D eigenvalue weighted by Crippen LogP contribution is 2.40. The fourth-order valence-electron chi connectivity index (χ4n) is 2.47. The summed E-state index contributed by atoms with van der Waals surface area (Å²) < 4.78 is 72.5. The lowest BCUT2D eigenvalue weighted by molar-refractivity contribution is 0.111. The fraction of sp³-hybridized carbons (Fsp3) is 0.714. The van der Waals surface area contributed by atoms with Crippen molar-refractivity contribution in [2.24, 2.45) is 17.7 Å². The lowest BCUT2D eigenvalue weighted by Gasteiger charge is -2.34. The predicted octanol–water partition coefficient (Wildman–Crippen LogP) is 4.53. The van der Waals surface area contributed by atoms with Crippen LogP contribution in [0.1, 0.15) is 37.5 Å². The standard InChI is InChI=1S/C14H19F3/c1-2-9-3-5-10(6-4-9)11-7-12(15)14(17)13(16)8-11/h2,7,9-11,13-14H,1,3-6,8H2/i8D2,11D,13D. The monoisotopic (exact) mass is 248 g/mol. The van der Waals surface area contributed by atoms with E-state index in [0.29, 0.717) is 31.8 Å². The Kier molecular flexibility index (Phi) is 2.60. The quantitative estimate of drug-likeness (QED) is 0.630. The van der Waals surface area contributed by atoms with Crippen molar-refractivity contribution in [1.29, 1.82) is 0 Å². The zero-order valence-electron chi connectivity index (χ0n) is 13.6. The average Bonchev–Trinajstić information content (AvgIpc) is 2.44. The number of alkyl halides is 2. The summed E-state index contributed by atoms with van der Waals surface area (Å²) in [5, 5.41) is 0. The van der Waals surface area contributed by atoms with E-state index < -0.39 is 36.3 Å². The van der Waals surface area contributed by atoms with Crippen LogP contribution < -0.4 is 0 Å². The SMILES string of the molecule is [2H]C1(F)C(F)C(F)=CC([2H])(C2CCC(C=C)CC2)C1([2H])[2H]. The molecule has 0 amide bonds. The van der Waals surface area contributed by atoms with Gasteiger partial charge in [-0.15, -0.1) is 6.58 Å². The topological polar surface area (TPSA) is 0 Å². The molecule has 3 heteroatoms. The molecule has 3 atom stereocenters. The predicted molar refractivity (Wildman–Crippen MR) is 62.7 cm³/mol. The third-order valence-electron chi connectivity index (χ3n) is 3.57. The molecule has 0 N–H and O–H groups in total. The second-order valence-corrected chi connectivity index (χ2v) is 4.67. The first kappa shape index (κ1) is 8.39. The van der Waals surface area contributed by atoms with Crippen molar-refractivity contribution < 1.29 is 18.7 Å². The Labute approximate surface area is 106 Å². The summed E-state index contributed by atoms with van der Waals surface area (Å²) >= 11 is 0. The molecule has 0 nitrogen and oxygen atoms in total. The summed E-state index contributed by atoms with van der Waals surface area (Å²) in [4.78, 5) is 0. The molecule has 96 valence electrons. The maximum absolute atomic E-state index is 14.2. The van der Waals surface area contributed by atoms with Gasteiger partial charge in [0.2, 0.25) is 0 Å². The Hall–Kier alpha value is -0.730. The summed E-state index contributed by atoms with van der Waals surface area (Å²) in [6.45, 7) is 3.68. The van der Waals surface area contributed by atoms with E-state index in [-0.39, 0.29) is 5.92 Å². The highest BCUT2D eigenvalue weighted by Gasteiger charge is 2.36. The molecular weight excluding hydrogens is 225 g/mol. The van der Waals surface area contributed by atoms with Crippen molar-refractivity contribution >= 4 is 0 Å². The third kappa shape index (κ3) is 2.75. The molecule has 2 aliphatic rings. The molecule has 0 aromatic heterocycles. The van der Waals surface area contributed by atoms with Crippen molar-refractivity contribution in [3.63, 3.8) is 0 Å². The maximum Gasteiger partial charge on any atom is 0.182 e. The molecule has 3 unspecified atom stereocenters. The molecule has 17 heavy (non-hydrogen) atoms. The Morgan fingerprint density at radius 3 is 2.59 bits per heavy atom. The van der Waals surface area contributed by atoms with Gasteiger partial charge in [-0.2, -0.15) is 0 Å². The number of hydrogen-bond donors (Lipinski definition) is 0. The van der Waals surface area contributed by atoms with Crippen LogP contribution in [0.5, 0.6) is 0 Å². The molecular formula is C14H19F3. The normalized spacial score (nSPS) is 58.1. The summed E-state index contributed by atoms with van der Waals surface area (Å²) in [7, 11) is 0. The van der Waals surface area contributed by atoms with Crippen molar-refractivity contribution in [2.75, 3.05) is 0 Å². The van der Waals surface area contributed by atoms with E-state index in [0.717, 1.165) is 0 Å². The molecule has 0 saturated heterocycles. The molecule has 0 radical (unpaired) electrons. The third-order valence-corrected chi connectivity index (χ3v) is 3.57. The highest BCUT2D eigenvalue weighted by molar-refractivity contribution is 5.11. The van der Waals surface area contributed by atoms with Crippen LogP contribution in [0.15, 0.2) is 24.6 Å². The number of allylic oxidation sites excluding steroid dienone is 3. The Morgan fingerprint density at radius 2 is 2.00 bits per heavy atom. The van der Waals surface area contributed by atoms with Gasteiger partial charge < -0.3 is 0 Å². The second-order valence-electron chi connectivity index (χ2n) is 4.67. The minimum atomic E-state index is -3.80. The molecule has 0 aromatic rings. The zero-order chi connectivity index (χ0) is 16.1. The first-order valence-corrected chi connectivity index (χ1v) is 5.91. The van der Waals surface area contributed by atoms with E-state index in [1.807, 2.05) is 0 Å². The number of halogens is 3. The molecule has 2 aliphatic carbocycles. The zero-order valence-corrected chi connectivity index (χ0v) is 9.56. The molecule has 0 spiro atoms. The van der Waals surface area contributed by atoms with Crippen molar-refractivity contribution in [3.8, 4) is 0 Å². The van der Waals surface area contributed by atoms with Crippen LogP contribution in [0, 0.1) is 17.7 Å². The summed E-state index contributed by atoms with van der Waals surface area (Å²) in [5.41, 5.74) is 0. The molecule has 0 aromatic carbocycles. The van der Waals surface area contributed by atoms with Gasteiger partial charge in [-0.25, -0.2) is 13.2 Å². The van der Waals surface area contributed by atoms with Gasteiger partial charge in [0, 0.05) is 4.11 Å². The Bertz CT molecular complexity index is 455. The van der Waals surface area contributed by atoms with E-state index in [1.165, 1.54) is 0 Å². The van der Waals surface area contributed by atoms with Crippen molar-refractivity contribution in [1.82, 2.24) is 0 Å². The summed E-state index contributed by atoms with van der Waals surface area (Å²) in [5.74, 6) is -4.23. The lowest BCUT2D eigenvalue weighted by Crippen LogP contribution is -2.31. The summed E-state index contributed by atoms with van der Waals surface area (Å²) in [6.07, 6.45) is -5.50. The molecule has 0 bridgehead atoms. The van der Waals surface area contributed by atoms with E-state index in [1.54, 1.807) is 6.08 Å². The van der Waals surface area contributed by atoms with Gasteiger partial charge in [0.05, 0.1) is 1.37 Å². The van der Waals surface area contributed by atoms with E-state index >= 15 is 0 Å². The van der Waals surface area contributed by atoms with Crippen LogP contribution in [0.25, 0.3) is 0 Å². The Balaban J connectivity index is 2.38. The molecule has 2 rings (SSSR count). The van der Waals surface area contributed by atoms with Gasteiger partial charge in [0.1, 0.15) is 12.0 Å². The number of rotatable bonds is 2. The van der Waals surface area contributed by atoms with Crippen LogP contribution >= 0.6 is 0 Å². The van der Waals surface area contributed by atoms with Gasteiger partial charge in [0.25, 0.3) is 0 Å². The highest BCUT2D eigenvalue weighted by atomic mass is 19.2. The molecule has 1 fully saturated rings. The fourth-order valence-corrected chi connectivity index (χ4v) is 2.47. The van der Waals surface area contributed by atoms with E-state index in [4.69, 9.17) is 5.48 Å². The maximum atomic E-state index is 14.2.